The third-order valence-corrected chi connectivity index (χ3v) is 10.6. The largest absolute Gasteiger partial charge is 0.455 e. The van der Waals surface area contributed by atoms with Gasteiger partial charge in [-0.15, -0.1) is 0 Å². The van der Waals surface area contributed by atoms with E-state index in [9.17, 15) is 0 Å². The standard InChI is InChI=1S/C50H30N4O/c1-3-12-31(13-4-1)37-18-9-19-40-46-41(20-10-22-44(46)55-47(37)40)50-53-48(34-15-5-2-6-16-34)52-49(54-50)35-25-23-33(24-26-35)42-30-43-38(21-11-29-51-43)39-28-27-32-14-7-8-17-36(32)45(39)42/h1-30H. The minimum absolute atomic E-state index is 0.587. The summed E-state index contributed by atoms with van der Waals surface area (Å²) in [4.78, 5) is 20.1. The summed E-state index contributed by atoms with van der Waals surface area (Å²) >= 11 is 0. The Morgan fingerprint density at radius 1 is 0.364 bits per heavy atom. The topological polar surface area (TPSA) is 64.7 Å². The zero-order valence-corrected chi connectivity index (χ0v) is 29.5. The SMILES string of the molecule is c1ccc(-c2nc(-c3ccc(-c4cc5ncccc5c5ccc6ccccc6c45)cc3)nc(-c3cccc4oc5c(-c6ccccc6)cccc5c34)n2)cc1. The molecule has 0 aliphatic rings. The van der Waals surface area contributed by atoms with E-state index in [0.29, 0.717) is 17.5 Å². The van der Waals surface area contributed by atoms with Crippen LogP contribution in [0.4, 0.5) is 0 Å². The van der Waals surface area contributed by atoms with Gasteiger partial charge in [0.25, 0.3) is 0 Å². The quantitative estimate of drug-likeness (QED) is 0.167. The van der Waals surface area contributed by atoms with Crippen molar-refractivity contribution in [3.05, 3.63) is 182 Å². The van der Waals surface area contributed by atoms with Gasteiger partial charge in [-0.05, 0) is 56.4 Å². The maximum atomic E-state index is 6.59. The Bertz CT molecular complexity index is 3250. The van der Waals surface area contributed by atoms with E-state index in [2.05, 4.69) is 121 Å². The fourth-order valence-corrected chi connectivity index (χ4v) is 8.00. The van der Waals surface area contributed by atoms with Gasteiger partial charge in [0.05, 0.1) is 5.52 Å². The van der Waals surface area contributed by atoms with Gasteiger partial charge in [-0.3, -0.25) is 4.98 Å². The van der Waals surface area contributed by atoms with Crippen LogP contribution in [0.2, 0.25) is 0 Å². The summed E-state index contributed by atoms with van der Waals surface area (Å²) in [7, 11) is 0. The molecule has 0 radical (unpaired) electrons. The van der Waals surface area contributed by atoms with Gasteiger partial charge in [0.2, 0.25) is 0 Å². The summed E-state index contributed by atoms with van der Waals surface area (Å²) in [5.74, 6) is 1.79. The summed E-state index contributed by atoms with van der Waals surface area (Å²) in [6, 6.07) is 60.8. The molecule has 0 amide bonds. The highest BCUT2D eigenvalue weighted by Gasteiger charge is 2.20. The van der Waals surface area contributed by atoms with E-state index in [-0.39, 0.29) is 0 Å². The molecular formula is C50H30N4O. The second kappa shape index (κ2) is 12.6. The fraction of sp³-hybridized carbons (Fsp3) is 0. The molecule has 55 heavy (non-hydrogen) atoms. The van der Waals surface area contributed by atoms with E-state index in [4.69, 9.17) is 24.4 Å². The van der Waals surface area contributed by atoms with Crippen molar-refractivity contribution in [2.45, 2.75) is 0 Å². The minimum atomic E-state index is 0.587. The lowest BCUT2D eigenvalue weighted by Crippen LogP contribution is -2.00. The molecule has 0 unspecified atom stereocenters. The highest BCUT2D eigenvalue weighted by Crippen LogP contribution is 2.42. The van der Waals surface area contributed by atoms with Crippen molar-refractivity contribution < 1.29 is 4.42 Å². The van der Waals surface area contributed by atoms with Crippen molar-refractivity contribution in [3.8, 4) is 56.4 Å². The smallest absolute Gasteiger partial charge is 0.164 e. The lowest BCUT2D eigenvalue weighted by Gasteiger charge is -2.14. The first-order valence-corrected chi connectivity index (χ1v) is 18.4. The lowest BCUT2D eigenvalue weighted by molar-refractivity contribution is 0.670. The first-order valence-electron chi connectivity index (χ1n) is 18.4. The van der Waals surface area contributed by atoms with E-state index in [0.717, 1.165) is 71.8 Å². The van der Waals surface area contributed by atoms with Crippen LogP contribution in [-0.2, 0) is 0 Å². The van der Waals surface area contributed by atoms with E-state index in [1.54, 1.807) is 0 Å². The molecule has 0 spiro atoms. The van der Waals surface area contributed by atoms with Crippen LogP contribution in [0, 0.1) is 0 Å². The van der Waals surface area contributed by atoms with E-state index < -0.39 is 0 Å². The van der Waals surface area contributed by atoms with E-state index >= 15 is 0 Å². The predicted octanol–water partition coefficient (Wildman–Crippen LogP) is 13.0. The molecule has 11 rings (SSSR count). The molecule has 0 bridgehead atoms. The molecule has 5 heteroatoms. The summed E-state index contributed by atoms with van der Waals surface area (Å²) < 4.78 is 6.59. The third kappa shape index (κ3) is 5.17. The molecule has 0 atom stereocenters. The zero-order chi connectivity index (χ0) is 36.3. The number of benzene rings is 8. The molecule has 0 saturated heterocycles. The number of pyridine rings is 1. The normalized spacial score (nSPS) is 11.6. The van der Waals surface area contributed by atoms with Crippen molar-refractivity contribution in [3.63, 3.8) is 0 Å². The van der Waals surface area contributed by atoms with Crippen LogP contribution in [0.1, 0.15) is 0 Å². The Balaban J connectivity index is 1.09. The number of rotatable bonds is 5. The molecule has 3 aromatic heterocycles. The predicted molar refractivity (Wildman–Crippen MR) is 225 cm³/mol. The Morgan fingerprint density at radius 2 is 0.982 bits per heavy atom. The average molecular weight is 703 g/mol. The van der Waals surface area contributed by atoms with Crippen LogP contribution in [0.15, 0.2) is 187 Å². The second-order valence-corrected chi connectivity index (χ2v) is 13.8. The van der Waals surface area contributed by atoms with Crippen LogP contribution >= 0.6 is 0 Å². The van der Waals surface area contributed by atoms with Crippen molar-refractivity contribution in [2.75, 3.05) is 0 Å². The molecular weight excluding hydrogens is 673 g/mol. The van der Waals surface area contributed by atoms with Gasteiger partial charge in [0.1, 0.15) is 11.2 Å². The Hall–Kier alpha value is -7.50. The van der Waals surface area contributed by atoms with Crippen LogP contribution in [0.5, 0.6) is 0 Å². The zero-order valence-electron chi connectivity index (χ0n) is 29.5. The highest BCUT2D eigenvalue weighted by molar-refractivity contribution is 6.22. The molecule has 0 N–H and O–H groups in total. The van der Waals surface area contributed by atoms with Crippen molar-refractivity contribution in [2.24, 2.45) is 0 Å². The number of fused-ring (bicyclic) bond motifs is 8. The van der Waals surface area contributed by atoms with Gasteiger partial charge in [-0.25, -0.2) is 15.0 Å². The summed E-state index contributed by atoms with van der Waals surface area (Å²) in [5, 5.41) is 7.97. The van der Waals surface area contributed by atoms with Crippen LogP contribution in [0.25, 0.3) is 111 Å². The van der Waals surface area contributed by atoms with Gasteiger partial charge in [0, 0.05) is 44.6 Å². The molecule has 0 fully saturated rings. The highest BCUT2D eigenvalue weighted by atomic mass is 16.3. The molecule has 0 saturated carbocycles. The van der Waals surface area contributed by atoms with Crippen molar-refractivity contribution >= 4 is 54.4 Å². The maximum absolute atomic E-state index is 6.59. The van der Waals surface area contributed by atoms with Gasteiger partial charge in [-0.2, -0.15) is 0 Å². The molecule has 11 aromatic rings. The number of hydrogen-bond acceptors (Lipinski definition) is 5. The van der Waals surface area contributed by atoms with Gasteiger partial charge in [0.15, 0.2) is 17.5 Å². The summed E-state index contributed by atoms with van der Waals surface area (Å²) in [6.45, 7) is 0. The van der Waals surface area contributed by atoms with Crippen molar-refractivity contribution in [1.29, 1.82) is 0 Å². The molecule has 256 valence electrons. The van der Waals surface area contributed by atoms with Gasteiger partial charge >= 0.3 is 0 Å². The minimum Gasteiger partial charge on any atom is -0.455 e. The van der Waals surface area contributed by atoms with E-state index in [1.165, 1.54) is 21.5 Å². The number of para-hydroxylation sites is 1. The summed E-state index contributed by atoms with van der Waals surface area (Å²) in [5.41, 5.74) is 9.68. The van der Waals surface area contributed by atoms with Gasteiger partial charge < -0.3 is 4.42 Å². The first-order chi connectivity index (χ1) is 27.3. The number of hydrogen-bond donors (Lipinski definition) is 0. The molecule has 0 aliphatic heterocycles. The monoisotopic (exact) mass is 702 g/mol. The summed E-state index contributed by atoms with van der Waals surface area (Å²) in [6.07, 6.45) is 1.86. The van der Waals surface area contributed by atoms with E-state index in [1.807, 2.05) is 60.8 Å². The average Bonchev–Trinajstić information content (AvgIpc) is 3.66. The van der Waals surface area contributed by atoms with Crippen molar-refractivity contribution in [1.82, 2.24) is 19.9 Å². The maximum Gasteiger partial charge on any atom is 0.164 e. The second-order valence-electron chi connectivity index (χ2n) is 13.8. The lowest BCUT2D eigenvalue weighted by atomic mass is 9.91. The molecule has 3 heterocycles. The van der Waals surface area contributed by atoms with Crippen LogP contribution in [-0.4, -0.2) is 19.9 Å². The molecule has 8 aromatic carbocycles. The first kappa shape index (κ1) is 31.1. The van der Waals surface area contributed by atoms with Gasteiger partial charge in [-0.1, -0.05) is 158 Å². The third-order valence-electron chi connectivity index (χ3n) is 10.6. The molecule has 5 nitrogen and oxygen atoms in total. The van der Waals surface area contributed by atoms with Crippen LogP contribution < -0.4 is 0 Å². The molecule has 0 aliphatic carbocycles. The van der Waals surface area contributed by atoms with Crippen LogP contribution in [0.3, 0.4) is 0 Å². The fourth-order valence-electron chi connectivity index (χ4n) is 8.00. The Morgan fingerprint density at radius 3 is 1.80 bits per heavy atom. The number of nitrogens with zero attached hydrogens (tertiary/aromatic N) is 4. The number of aromatic nitrogens is 4. The Labute approximate surface area is 316 Å². The Kier molecular flexibility index (Phi) is 7.10. The number of furan rings is 1.